The predicted molar refractivity (Wildman–Crippen MR) is 150 cm³/mol. The first kappa shape index (κ1) is 25.5. The number of hydrogen-bond acceptors (Lipinski definition) is 4. The Hall–Kier alpha value is -3.13. The Morgan fingerprint density at radius 1 is 0.946 bits per heavy atom. The van der Waals surface area contributed by atoms with Gasteiger partial charge in [0.25, 0.3) is 0 Å². The number of benzene rings is 2. The van der Waals surface area contributed by atoms with Crippen LogP contribution in [0.3, 0.4) is 0 Å². The van der Waals surface area contributed by atoms with Gasteiger partial charge < -0.3 is 24.8 Å². The van der Waals surface area contributed by atoms with Crippen LogP contribution in [0.15, 0.2) is 48.5 Å². The summed E-state index contributed by atoms with van der Waals surface area (Å²) in [7, 11) is 1.66. The minimum Gasteiger partial charge on any atom is -0.497 e. The number of rotatable bonds is 5. The third kappa shape index (κ3) is 5.74. The number of aryl methyl sites for hydroxylation is 1. The van der Waals surface area contributed by atoms with Gasteiger partial charge in [0.2, 0.25) is 11.8 Å². The molecule has 1 N–H and O–H groups in total. The summed E-state index contributed by atoms with van der Waals surface area (Å²) >= 11 is 5.67. The fraction of sp³-hybridized carbons (Fsp3) is 0.483. The third-order valence-corrected chi connectivity index (χ3v) is 8.55. The molecule has 2 fully saturated rings. The number of carbonyl (C=O) groups excluding carboxylic acids is 2. The van der Waals surface area contributed by atoms with E-state index in [1.165, 1.54) is 5.56 Å². The molecule has 2 saturated heterocycles. The summed E-state index contributed by atoms with van der Waals surface area (Å²) in [6.07, 6.45) is 5.59. The molecular formula is C29H36N4O3S. The van der Waals surface area contributed by atoms with Gasteiger partial charge in [-0.3, -0.25) is 9.59 Å². The topological polar surface area (TPSA) is 65.1 Å². The van der Waals surface area contributed by atoms with Crippen LogP contribution in [0.1, 0.15) is 44.1 Å². The van der Waals surface area contributed by atoms with E-state index in [0.29, 0.717) is 0 Å². The zero-order valence-corrected chi connectivity index (χ0v) is 22.4. The van der Waals surface area contributed by atoms with Gasteiger partial charge in [-0.15, -0.1) is 0 Å². The van der Waals surface area contributed by atoms with Crippen molar-refractivity contribution in [2.45, 2.75) is 44.9 Å². The Kier molecular flexibility index (Phi) is 7.65. The average Bonchev–Trinajstić information content (AvgIpc) is 3.35. The van der Waals surface area contributed by atoms with Crippen LogP contribution in [-0.2, 0) is 16.0 Å². The molecule has 5 rings (SSSR count). The van der Waals surface area contributed by atoms with Gasteiger partial charge in [0.15, 0.2) is 5.11 Å². The molecule has 1 spiro atoms. The van der Waals surface area contributed by atoms with Gasteiger partial charge in [-0.2, -0.15) is 0 Å². The SMILES string of the molecule is COc1cccc(NC(=S)N2CCC3(CCN(C(=O)CCC(=O)N4CCCc5ccccc54)C3)CC2)c1. The Bertz CT molecular complexity index is 1160. The second-order valence-corrected chi connectivity index (χ2v) is 10.9. The van der Waals surface area contributed by atoms with E-state index in [1.54, 1.807) is 7.11 Å². The number of para-hydroxylation sites is 1. The van der Waals surface area contributed by atoms with E-state index in [2.05, 4.69) is 16.3 Å². The van der Waals surface area contributed by atoms with Crippen LogP contribution in [0.2, 0.25) is 0 Å². The zero-order valence-electron chi connectivity index (χ0n) is 21.6. The minimum atomic E-state index is 0.0553. The molecule has 2 amide bonds. The van der Waals surface area contributed by atoms with Crippen molar-refractivity contribution in [1.82, 2.24) is 9.80 Å². The number of fused-ring (bicyclic) bond motifs is 1. The van der Waals surface area contributed by atoms with E-state index in [1.807, 2.05) is 52.3 Å². The van der Waals surface area contributed by atoms with Gasteiger partial charge in [-0.1, -0.05) is 24.3 Å². The Morgan fingerprint density at radius 2 is 1.68 bits per heavy atom. The van der Waals surface area contributed by atoms with E-state index >= 15 is 0 Å². The molecule has 37 heavy (non-hydrogen) atoms. The van der Waals surface area contributed by atoms with Crippen molar-refractivity contribution in [2.75, 3.05) is 50.1 Å². The van der Waals surface area contributed by atoms with Crippen molar-refractivity contribution in [3.63, 3.8) is 0 Å². The highest BCUT2D eigenvalue weighted by molar-refractivity contribution is 7.80. The van der Waals surface area contributed by atoms with E-state index in [0.717, 1.165) is 87.1 Å². The largest absolute Gasteiger partial charge is 0.497 e. The van der Waals surface area contributed by atoms with Crippen LogP contribution in [0.4, 0.5) is 11.4 Å². The number of hydrogen-bond donors (Lipinski definition) is 1. The zero-order chi connectivity index (χ0) is 25.8. The maximum atomic E-state index is 13.0. The molecule has 0 atom stereocenters. The highest BCUT2D eigenvalue weighted by atomic mass is 32.1. The van der Waals surface area contributed by atoms with Crippen LogP contribution in [0, 0.1) is 5.41 Å². The second-order valence-electron chi connectivity index (χ2n) is 10.5. The lowest BCUT2D eigenvalue weighted by molar-refractivity contribution is -0.132. The average molecular weight is 521 g/mol. The van der Waals surface area contributed by atoms with Crippen LogP contribution < -0.4 is 15.0 Å². The van der Waals surface area contributed by atoms with Crippen LogP contribution in [-0.4, -0.2) is 66.6 Å². The maximum absolute atomic E-state index is 13.0. The first-order valence-electron chi connectivity index (χ1n) is 13.3. The molecule has 3 heterocycles. The lowest BCUT2D eigenvalue weighted by atomic mass is 9.78. The molecule has 196 valence electrons. The molecule has 0 unspecified atom stereocenters. The summed E-state index contributed by atoms with van der Waals surface area (Å²) in [4.78, 5) is 32.1. The molecule has 3 aliphatic heterocycles. The number of carbonyl (C=O) groups is 2. The Morgan fingerprint density at radius 3 is 2.46 bits per heavy atom. The van der Waals surface area contributed by atoms with Gasteiger partial charge in [-0.25, -0.2) is 0 Å². The predicted octanol–water partition coefficient (Wildman–Crippen LogP) is 4.47. The normalized spacial score (nSPS) is 18.5. The summed E-state index contributed by atoms with van der Waals surface area (Å²) in [6.45, 7) is 4.07. The summed E-state index contributed by atoms with van der Waals surface area (Å²) in [5.74, 6) is 0.955. The number of methoxy groups -OCH3 is 1. The van der Waals surface area contributed by atoms with Crippen LogP contribution >= 0.6 is 12.2 Å². The van der Waals surface area contributed by atoms with Crippen LogP contribution in [0.25, 0.3) is 0 Å². The number of ether oxygens (including phenoxy) is 1. The molecule has 2 aromatic rings. The monoisotopic (exact) mass is 520 g/mol. The van der Waals surface area contributed by atoms with E-state index in [9.17, 15) is 9.59 Å². The van der Waals surface area contributed by atoms with Crippen molar-refractivity contribution < 1.29 is 14.3 Å². The van der Waals surface area contributed by atoms with Gasteiger partial charge in [0.1, 0.15) is 5.75 Å². The van der Waals surface area contributed by atoms with Gasteiger partial charge in [0, 0.05) is 63.0 Å². The fourth-order valence-corrected chi connectivity index (χ4v) is 6.24. The summed E-state index contributed by atoms with van der Waals surface area (Å²) < 4.78 is 5.30. The standard InChI is InChI=1S/C29H36N4O3S/c1-36-24-9-4-8-23(20-24)30-28(37)31-17-13-29(14-18-31)15-19-32(21-29)26(34)11-12-27(35)33-16-5-7-22-6-2-3-10-25(22)33/h2-4,6,8-10,20H,5,7,11-19,21H2,1H3,(H,30,37). The lowest BCUT2D eigenvalue weighted by Crippen LogP contribution is -2.46. The first-order chi connectivity index (χ1) is 18.0. The van der Waals surface area contributed by atoms with Crippen molar-refractivity contribution in [2.24, 2.45) is 5.41 Å². The van der Waals surface area contributed by atoms with E-state index < -0.39 is 0 Å². The van der Waals surface area contributed by atoms with E-state index in [-0.39, 0.29) is 30.1 Å². The summed E-state index contributed by atoms with van der Waals surface area (Å²) in [5, 5.41) is 4.06. The first-order valence-corrected chi connectivity index (χ1v) is 13.7. The minimum absolute atomic E-state index is 0.0553. The van der Waals surface area contributed by atoms with Crippen LogP contribution in [0.5, 0.6) is 5.75 Å². The lowest BCUT2D eigenvalue weighted by Gasteiger charge is -2.40. The smallest absolute Gasteiger partial charge is 0.227 e. The van der Waals surface area contributed by atoms with Gasteiger partial charge in [0.05, 0.1) is 7.11 Å². The number of piperidine rings is 1. The fourth-order valence-electron chi connectivity index (χ4n) is 5.94. The molecule has 0 aliphatic carbocycles. The number of nitrogens with one attached hydrogen (secondary N) is 1. The number of anilines is 2. The molecule has 2 aromatic carbocycles. The van der Waals surface area contributed by atoms with Gasteiger partial charge >= 0.3 is 0 Å². The van der Waals surface area contributed by atoms with Crippen molar-refractivity contribution >= 4 is 40.5 Å². The van der Waals surface area contributed by atoms with Crippen molar-refractivity contribution in [3.05, 3.63) is 54.1 Å². The quantitative estimate of drug-likeness (QED) is 0.587. The van der Waals surface area contributed by atoms with Crippen molar-refractivity contribution in [3.8, 4) is 5.75 Å². The second kappa shape index (κ2) is 11.1. The molecule has 0 bridgehead atoms. The van der Waals surface area contributed by atoms with E-state index in [4.69, 9.17) is 17.0 Å². The number of amides is 2. The molecule has 0 radical (unpaired) electrons. The molecular weight excluding hydrogens is 484 g/mol. The molecule has 7 nitrogen and oxygen atoms in total. The highest BCUT2D eigenvalue weighted by Gasteiger charge is 2.42. The Labute approximate surface area is 224 Å². The molecule has 0 saturated carbocycles. The number of nitrogens with zero attached hydrogens (tertiary/aromatic N) is 3. The van der Waals surface area contributed by atoms with Crippen molar-refractivity contribution in [1.29, 1.82) is 0 Å². The summed E-state index contributed by atoms with van der Waals surface area (Å²) in [5.41, 5.74) is 3.31. The maximum Gasteiger partial charge on any atom is 0.227 e. The third-order valence-electron chi connectivity index (χ3n) is 8.19. The molecule has 0 aromatic heterocycles. The number of likely N-dealkylation sites (tertiary alicyclic amines) is 2. The Balaban J connectivity index is 1.09. The number of thiocarbonyl (C=S) groups is 1. The highest BCUT2D eigenvalue weighted by Crippen LogP contribution is 2.41. The van der Waals surface area contributed by atoms with Gasteiger partial charge in [-0.05, 0) is 73.5 Å². The molecule has 8 heteroatoms. The molecule has 3 aliphatic rings. The summed E-state index contributed by atoms with van der Waals surface area (Å²) in [6, 6.07) is 15.9.